The predicted octanol–water partition coefficient (Wildman–Crippen LogP) is 3.81. The molecule has 30 heavy (non-hydrogen) atoms. The highest BCUT2D eigenvalue weighted by atomic mass is 15.4. The molecule has 0 bridgehead atoms. The standard InChI is InChI=1S/C22H20N8/c1-2-7-18-16(6-1)12-17(13-23-18)29-14-20(24-15-29)25-21-19-8-5-11-30(19)27-22(26-21)28-9-3-4-10-28/h1-2,5-8,11-15H,3-4,9-10H2,(H,25,26,27). The minimum Gasteiger partial charge on any atom is -0.340 e. The third-order valence-electron chi connectivity index (χ3n) is 5.47. The van der Waals surface area contributed by atoms with Crippen LogP contribution < -0.4 is 10.2 Å². The molecule has 0 aliphatic carbocycles. The van der Waals surface area contributed by atoms with Gasteiger partial charge in [0.2, 0.25) is 5.95 Å². The Balaban J connectivity index is 1.34. The van der Waals surface area contributed by atoms with Crippen molar-refractivity contribution in [1.82, 2.24) is 29.1 Å². The van der Waals surface area contributed by atoms with E-state index in [1.165, 1.54) is 12.8 Å². The minimum atomic E-state index is 0.720. The zero-order valence-electron chi connectivity index (χ0n) is 16.3. The molecule has 1 aliphatic heterocycles. The van der Waals surface area contributed by atoms with Gasteiger partial charge in [-0.1, -0.05) is 18.2 Å². The van der Waals surface area contributed by atoms with Crippen LogP contribution in [0, 0.1) is 0 Å². The fraction of sp³-hybridized carbons (Fsp3) is 0.182. The van der Waals surface area contributed by atoms with Gasteiger partial charge in [0.1, 0.15) is 17.7 Å². The molecule has 8 heteroatoms. The summed E-state index contributed by atoms with van der Waals surface area (Å²) in [4.78, 5) is 16.1. The average Bonchev–Trinajstić information content (AvgIpc) is 3.54. The number of fused-ring (bicyclic) bond motifs is 2. The minimum absolute atomic E-state index is 0.720. The van der Waals surface area contributed by atoms with Crippen LogP contribution >= 0.6 is 0 Å². The van der Waals surface area contributed by atoms with Gasteiger partial charge in [-0.25, -0.2) is 9.50 Å². The molecule has 1 N–H and O–H groups in total. The van der Waals surface area contributed by atoms with Crippen LogP contribution in [0.2, 0.25) is 0 Å². The van der Waals surface area contributed by atoms with E-state index in [9.17, 15) is 0 Å². The molecular weight excluding hydrogens is 376 g/mol. The van der Waals surface area contributed by atoms with Crippen LogP contribution in [0.3, 0.4) is 0 Å². The number of para-hydroxylation sites is 1. The van der Waals surface area contributed by atoms with Crippen molar-refractivity contribution < 1.29 is 0 Å². The molecule has 0 amide bonds. The first kappa shape index (κ1) is 17.0. The van der Waals surface area contributed by atoms with Gasteiger partial charge in [0.15, 0.2) is 5.82 Å². The van der Waals surface area contributed by atoms with E-state index in [4.69, 9.17) is 4.98 Å². The number of hydrogen-bond acceptors (Lipinski definition) is 6. The smallest absolute Gasteiger partial charge is 0.245 e. The van der Waals surface area contributed by atoms with Crippen molar-refractivity contribution in [2.45, 2.75) is 12.8 Å². The maximum atomic E-state index is 4.79. The van der Waals surface area contributed by atoms with E-state index >= 15 is 0 Å². The van der Waals surface area contributed by atoms with Crippen molar-refractivity contribution in [1.29, 1.82) is 0 Å². The molecule has 5 aromatic rings. The van der Waals surface area contributed by atoms with Crippen LogP contribution in [0.15, 0.2) is 67.4 Å². The van der Waals surface area contributed by atoms with Crippen molar-refractivity contribution in [3.8, 4) is 5.69 Å². The van der Waals surface area contributed by atoms with Gasteiger partial charge < -0.3 is 14.8 Å². The summed E-state index contributed by atoms with van der Waals surface area (Å²) < 4.78 is 3.83. The summed E-state index contributed by atoms with van der Waals surface area (Å²) in [7, 11) is 0. The van der Waals surface area contributed by atoms with Crippen molar-refractivity contribution in [2.24, 2.45) is 0 Å². The highest BCUT2D eigenvalue weighted by Crippen LogP contribution is 2.24. The quantitative estimate of drug-likeness (QED) is 0.498. The molecule has 0 atom stereocenters. The van der Waals surface area contributed by atoms with Gasteiger partial charge in [0.05, 0.1) is 23.6 Å². The van der Waals surface area contributed by atoms with Crippen LogP contribution in [0.25, 0.3) is 22.1 Å². The zero-order chi connectivity index (χ0) is 19.9. The number of nitrogens with one attached hydrogen (secondary N) is 1. The molecule has 0 spiro atoms. The Morgan fingerprint density at radius 1 is 0.967 bits per heavy atom. The number of anilines is 3. The van der Waals surface area contributed by atoms with Gasteiger partial charge in [-0.15, -0.1) is 5.10 Å². The second-order valence-corrected chi connectivity index (χ2v) is 7.47. The first-order chi connectivity index (χ1) is 14.8. The number of benzene rings is 1. The van der Waals surface area contributed by atoms with E-state index in [2.05, 4.69) is 37.4 Å². The number of hydrogen-bond donors (Lipinski definition) is 1. The van der Waals surface area contributed by atoms with Crippen LogP contribution in [-0.2, 0) is 0 Å². The lowest BCUT2D eigenvalue weighted by Crippen LogP contribution is -2.22. The molecule has 5 heterocycles. The fourth-order valence-electron chi connectivity index (χ4n) is 3.92. The van der Waals surface area contributed by atoms with Crippen molar-refractivity contribution in [3.63, 3.8) is 0 Å². The first-order valence-corrected chi connectivity index (χ1v) is 10.1. The summed E-state index contributed by atoms with van der Waals surface area (Å²) in [5, 5.41) is 9.13. The number of aromatic nitrogens is 6. The molecule has 8 nitrogen and oxygen atoms in total. The molecule has 4 aromatic heterocycles. The van der Waals surface area contributed by atoms with Gasteiger partial charge in [-0.3, -0.25) is 4.98 Å². The summed E-state index contributed by atoms with van der Waals surface area (Å²) in [6.07, 6.45) is 9.89. The Morgan fingerprint density at radius 2 is 1.87 bits per heavy atom. The molecule has 6 rings (SSSR count). The van der Waals surface area contributed by atoms with E-state index < -0.39 is 0 Å². The van der Waals surface area contributed by atoms with Crippen molar-refractivity contribution in [3.05, 3.63) is 67.4 Å². The number of nitrogens with zero attached hydrogens (tertiary/aromatic N) is 7. The number of imidazole rings is 1. The lowest BCUT2D eigenvalue weighted by molar-refractivity contribution is 0.827. The first-order valence-electron chi connectivity index (χ1n) is 10.1. The molecule has 0 saturated carbocycles. The lowest BCUT2D eigenvalue weighted by Gasteiger charge is -2.16. The predicted molar refractivity (Wildman–Crippen MR) is 117 cm³/mol. The van der Waals surface area contributed by atoms with E-state index in [-0.39, 0.29) is 0 Å². The number of rotatable bonds is 4. The van der Waals surface area contributed by atoms with Crippen molar-refractivity contribution in [2.75, 3.05) is 23.3 Å². The summed E-state index contributed by atoms with van der Waals surface area (Å²) in [5.74, 6) is 2.22. The average molecular weight is 396 g/mol. The van der Waals surface area contributed by atoms with Gasteiger partial charge in [0.25, 0.3) is 0 Å². The van der Waals surface area contributed by atoms with E-state index in [0.717, 1.165) is 52.8 Å². The van der Waals surface area contributed by atoms with Gasteiger partial charge in [-0.05, 0) is 37.1 Å². The summed E-state index contributed by atoms with van der Waals surface area (Å²) in [6, 6.07) is 14.2. The van der Waals surface area contributed by atoms with E-state index in [0.29, 0.717) is 0 Å². The Hall–Kier alpha value is -3.94. The van der Waals surface area contributed by atoms with Gasteiger partial charge >= 0.3 is 0 Å². The molecule has 1 aliphatic rings. The molecule has 1 saturated heterocycles. The highest BCUT2D eigenvalue weighted by Gasteiger charge is 2.18. The molecule has 1 fully saturated rings. The SMILES string of the molecule is c1ccc2ncc(-n3cnc(Nc4nc(N5CCCC5)nn5cccc45)c3)cc2c1. The topological polar surface area (TPSA) is 76.2 Å². The third-order valence-corrected chi connectivity index (χ3v) is 5.47. The Morgan fingerprint density at radius 3 is 2.80 bits per heavy atom. The second kappa shape index (κ2) is 6.84. The molecule has 148 valence electrons. The van der Waals surface area contributed by atoms with Crippen LogP contribution in [0.5, 0.6) is 0 Å². The summed E-state index contributed by atoms with van der Waals surface area (Å²) >= 11 is 0. The summed E-state index contributed by atoms with van der Waals surface area (Å²) in [5.41, 5.74) is 2.85. The molecule has 0 unspecified atom stereocenters. The monoisotopic (exact) mass is 396 g/mol. The second-order valence-electron chi connectivity index (χ2n) is 7.47. The summed E-state index contributed by atoms with van der Waals surface area (Å²) in [6.45, 7) is 1.99. The largest absolute Gasteiger partial charge is 0.340 e. The Bertz CT molecular complexity index is 1350. The molecular formula is C22H20N8. The van der Waals surface area contributed by atoms with Crippen LogP contribution in [-0.4, -0.2) is 42.2 Å². The highest BCUT2D eigenvalue weighted by molar-refractivity contribution is 5.80. The van der Waals surface area contributed by atoms with Gasteiger partial charge in [0, 0.05) is 24.7 Å². The van der Waals surface area contributed by atoms with Gasteiger partial charge in [-0.2, -0.15) is 4.98 Å². The normalized spacial score (nSPS) is 14.1. The zero-order valence-corrected chi connectivity index (χ0v) is 16.3. The third kappa shape index (κ3) is 2.93. The van der Waals surface area contributed by atoms with Crippen LogP contribution in [0.4, 0.5) is 17.6 Å². The van der Waals surface area contributed by atoms with E-state index in [1.807, 2.05) is 58.0 Å². The van der Waals surface area contributed by atoms with Crippen LogP contribution in [0.1, 0.15) is 12.8 Å². The van der Waals surface area contributed by atoms with Crippen molar-refractivity contribution >= 4 is 34.0 Å². The fourth-order valence-corrected chi connectivity index (χ4v) is 3.92. The van der Waals surface area contributed by atoms with E-state index in [1.54, 1.807) is 6.33 Å². The maximum Gasteiger partial charge on any atom is 0.245 e. The Labute approximate surface area is 172 Å². The molecule has 1 aromatic carbocycles. The molecule has 0 radical (unpaired) electrons. The Kier molecular flexibility index (Phi) is 3.87. The maximum absolute atomic E-state index is 4.79. The number of pyridine rings is 1. The lowest BCUT2D eigenvalue weighted by atomic mass is 10.2.